The second kappa shape index (κ2) is 7.08. The fraction of sp³-hybridized carbons (Fsp3) is 0.385. The van der Waals surface area contributed by atoms with Crippen LogP contribution in [0, 0.1) is 5.92 Å². The maximum Gasteiger partial charge on any atom is 0.335 e. The van der Waals surface area contributed by atoms with Crippen LogP contribution in [0.2, 0.25) is 5.02 Å². The minimum Gasteiger partial charge on any atom is -0.480 e. The van der Waals surface area contributed by atoms with Crippen molar-refractivity contribution in [3.8, 4) is 0 Å². The molecule has 0 heterocycles. The molecule has 1 rings (SSSR count). The van der Waals surface area contributed by atoms with Crippen molar-refractivity contribution < 1.29 is 28.2 Å². The van der Waals surface area contributed by atoms with Gasteiger partial charge in [-0.1, -0.05) is 25.4 Å². The number of hydrogen-bond acceptors (Lipinski definition) is 4. The highest BCUT2D eigenvalue weighted by atomic mass is 35.5. The van der Waals surface area contributed by atoms with Crippen LogP contribution in [0.3, 0.4) is 0 Å². The molecule has 0 saturated carbocycles. The number of sulfonamides is 1. The Balaban J connectivity index is 3.20. The molecule has 0 saturated heterocycles. The van der Waals surface area contributed by atoms with Gasteiger partial charge in [-0.3, -0.25) is 4.79 Å². The van der Waals surface area contributed by atoms with Gasteiger partial charge < -0.3 is 10.2 Å². The molecule has 0 aromatic heterocycles. The van der Waals surface area contributed by atoms with Crippen LogP contribution in [-0.4, -0.2) is 36.6 Å². The monoisotopic (exact) mass is 349 g/mol. The zero-order valence-corrected chi connectivity index (χ0v) is 13.5. The fourth-order valence-corrected chi connectivity index (χ4v) is 3.49. The molecule has 22 heavy (non-hydrogen) atoms. The van der Waals surface area contributed by atoms with E-state index in [0.717, 1.165) is 18.2 Å². The van der Waals surface area contributed by atoms with Gasteiger partial charge in [-0.2, -0.15) is 4.72 Å². The number of carbonyl (C=O) groups is 2. The molecule has 0 amide bonds. The SMILES string of the molecule is CC(C)C[C@H](NS(=O)(=O)c1cc(C(=O)O)ccc1Cl)C(=O)O. The summed E-state index contributed by atoms with van der Waals surface area (Å²) >= 11 is 5.79. The second-order valence-corrected chi connectivity index (χ2v) is 7.18. The molecule has 0 aliphatic carbocycles. The molecule has 0 bridgehead atoms. The molecule has 7 nitrogen and oxygen atoms in total. The van der Waals surface area contributed by atoms with Crippen LogP contribution in [-0.2, 0) is 14.8 Å². The predicted octanol–water partition coefficient (Wildman–Crippen LogP) is 1.82. The van der Waals surface area contributed by atoms with Crippen molar-refractivity contribution in [2.45, 2.75) is 31.2 Å². The number of aromatic carboxylic acids is 1. The molecule has 0 aliphatic heterocycles. The molecular weight excluding hydrogens is 334 g/mol. The zero-order chi connectivity index (χ0) is 17.1. The standard InChI is InChI=1S/C13H16ClNO6S/c1-7(2)5-10(13(18)19)15-22(20,21)11-6-8(12(16)17)3-4-9(11)14/h3-4,6-7,10,15H,5H2,1-2H3,(H,16,17)(H,18,19)/t10-/m0/s1. The summed E-state index contributed by atoms with van der Waals surface area (Å²) in [5, 5.41) is 17.8. The third-order valence-electron chi connectivity index (χ3n) is 2.77. The number of rotatable bonds is 7. The van der Waals surface area contributed by atoms with E-state index in [2.05, 4.69) is 0 Å². The first-order valence-electron chi connectivity index (χ1n) is 6.32. The lowest BCUT2D eigenvalue weighted by Crippen LogP contribution is -2.41. The Hall–Kier alpha value is -1.64. The summed E-state index contributed by atoms with van der Waals surface area (Å²) in [6.07, 6.45) is 0.0881. The van der Waals surface area contributed by atoms with Gasteiger partial charge in [0.1, 0.15) is 10.9 Å². The number of benzene rings is 1. The minimum absolute atomic E-state index is 0.0513. The molecule has 0 aliphatic rings. The summed E-state index contributed by atoms with van der Waals surface area (Å²) in [4.78, 5) is 21.6. The van der Waals surface area contributed by atoms with E-state index in [4.69, 9.17) is 21.8 Å². The van der Waals surface area contributed by atoms with Crippen LogP contribution in [0.15, 0.2) is 23.1 Å². The Labute approximate surface area is 133 Å². The van der Waals surface area contributed by atoms with E-state index < -0.39 is 32.9 Å². The first kappa shape index (κ1) is 18.4. The van der Waals surface area contributed by atoms with Gasteiger partial charge in [-0.25, -0.2) is 13.2 Å². The number of carboxylic acids is 2. The first-order valence-corrected chi connectivity index (χ1v) is 8.18. The van der Waals surface area contributed by atoms with Gasteiger partial charge in [0.15, 0.2) is 0 Å². The minimum atomic E-state index is -4.26. The average molecular weight is 350 g/mol. The summed E-state index contributed by atoms with van der Waals surface area (Å²) in [5.74, 6) is -2.68. The van der Waals surface area contributed by atoms with Gasteiger partial charge >= 0.3 is 11.9 Å². The van der Waals surface area contributed by atoms with E-state index in [1.165, 1.54) is 0 Å². The van der Waals surface area contributed by atoms with Crippen LogP contribution in [0.25, 0.3) is 0 Å². The van der Waals surface area contributed by atoms with Crippen LogP contribution >= 0.6 is 11.6 Å². The largest absolute Gasteiger partial charge is 0.480 e. The zero-order valence-electron chi connectivity index (χ0n) is 11.9. The van der Waals surface area contributed by atoms with Gasteiger partial charge in [-0.05, 0) is 30.5 Å². The normalized spacial score (nSPS) is 13.1. The third-order valence-corrected chi connectivity index (χ3v) is 4.72. The average Bonchev–Trinajstić information content (AvgIpc) is 2.36. The summed E-state index contributed by atoms with van der Waals surface area (Å²) in [5.41, 5.74) is -0.263. The quantitative estimate of drug-likeness (QED) is 0.690. The lowest BCUT2D eigenvalue weighted by molar-refractivity contribution is -0.139. The highest BCUT2D eigenvalue weighted by Crippen LogP contribution is 2.23. The summed E-state index contributed by atoms with van der Waals surface area (Å²) in [6, 6.07) is 1.86. The van der Waals surface area contributed by atoms with Crippen molar-refractivity contribution in [2.75, 3.05) is 0 Å². The molecule has 3 N–H and O–H groups in total. The summed E-state index contributed by atoms with van der Waals surface area (Å²) in [7, 11) is -4.26. The number of halogens is 1. The van der Waals surface area contributed by atoms with E-state index in [9.17, 15) is 18.0 Å². The number of aliphatic carboxylic acids is 1. The molecule has 9 heteroatoms. The fourth-order valence-electron chi connectivity index (χ4n) is 1.76. The third kappa shape index (κ3) is 4.69. The van der Waals surface area contributed by atoms with Crippen molar-refractivity contribution in [3.05, 3.63) is 28.8 Å². The van der Waals surface area contributed by atoms with E-state index in [-0.39, 0.29) is 22.9 Å². The van der Waals surface area contributed by atoms with E-state index in [1.54, 1.807) is 13.8 Å². The van der Waals surface area contributed by atoms with Crippen molar-refractivity contribution in [2.24, 2.45) is 5.92 Å². The Bertz CT molecular complexity index is 686. The van der Waals surface area contributed by atoms with Crippen LogP contribution in [0.1, 0.15) is 30.6 Å². The van der Waals surface area contributed by atoms with Gasteiger partial charge in [0.05, 0.1) is 10.6 Å². The molecule has 0 unspecified atom stereocenters. The highest BCUT2D eigenvalue weighted by Gasteiger charge is 2.28. The lowest BCUT2D eigenvalue weighted by atomic mass is 10.1. The van der Waals surface area contributed by atoms with Gasteiger partial charge in [0.25, 0.3) is 0 Å². The second-order valence-electron chi connectivity index (χ2n) is 5.09. The number of carboxylic acid groups (broad SMARTS) is 2. The molecule has 0 fully saturated rings. The van der Waals surface area contributed by atoms with Crippen molar-refractivity contribution in [1.29, 1.82) is 0 Å². The lowest BCUT2D eigenvalue weighted by Gasteiger charge is -2.17. The molecule has 1 atom stereocenters. The van der Waals surface area contributed by atoms with Gasteiger partial charge in [0.2, 0.25) is 10.0 Å². The van der Waals surface area contributed by atoms with Crippen molar-refractivity contribution in [3.63, 3.8) is 0 Å². The maximum atomic E-state index is 12.3. The Morgan fingerprint density at radius 3 is 2.32 bits per heavy atom. The van der Waals surface area contributed by atoms with E-state index >= 15 is 0 Å². The van der Waals surface area contributed by atoms with Gasteiger partial charge in [0, 0.05) is 0 Å². The topological polar surface area (TPSA) is 121 Å². The van der Waals surface area contributed by atoms with Crippen molar-refractivity contribution >= 4 is 33.6 Å². The molecular formula is C13H16ClNO6S. The number of nitrogens with one attached hydrogen (secondary N) is 1. The van der Waals surface area contributed by atoms with Crippen LogP contribution < -0.4 is 4.72 Å². The Kier molecular flexibility index (Phi) is 5.92. The smallest absolute Gasteiger partial charge is 0.335 e. The van der Waals surface area contributed by atoms with Crippen LogP contribution in [0.4, 0.5) is 0 Å². The maximum absolute atomic E-state index is 12.3. The Morgan fingerprint density at radius 1 is 1.27 bits per heavy atom. The van der Waals surface area contributed by atoms with Crippen LogP contribution in [0.5, 0.6) is 0 Å². The molecule has 0 radical (unpaired) electrons. The molecule has 1 aromatic rings. The molecule has 122 valence electrons. The van der Waals surface area contributed by atoms with E-state index in [1.807, 2.05) is 4.72 Å². The predicted molar refractivity (Wildman–Crippen MR) is 79.6 cm³/mol. The summed E-state index contributed by atoms with van der Waals surface area (Å²) in [6.45, 7) is 3.50. The highest BCUT2D eigenvalue weighted by molar-refractivity contribution is 7.89. The Morgan fingerprint density at radius 2 is 1.86 bits per heavy atom. The number of hydrogen-bond donors (Lipinski definition) is 3. The van der Waals surface area contributed by atoms with Crippen molar-refractivity contribution in [1.82, 2.24) is 4.72 Å². The summed E-state index contributed by atoms with van der Waals surface area (Å²) < 4.78 is 26.6. The first-order chi connectivity index (χ1) is 10.0. The van der Waals surface area contributed by atoms with E-state index in [0.29, 0.717) is 0 Å². The molecule has 0 spiro atoms. The van der Waals surface area contributed by atoms with Gasteiger partial charge in [-0.15, -0.1) is 0 Å². The molecule has 1 aromatic carbocycles.